The molecule has 1 aromatic carbocycles. The van der Waals surface area contributed by atoms with Gasteiger partial charge in [-0.2, -0.15) is 5.10 Å². The fourth-order valence-corrected chi connectivity index (χ4v) is 5.02. The summed E-state index contributed by atoms with van der Waals surface area (Å²) >= 11 is 0. The molecule has 168 valence electrons. The molecule has 0 spiro atoms. The molecular formula is C24H29N5O3. The second-order valence-corrected chi connectivity index (χ2v) is 9.32. The highest BCUT2D eigenvalue weighted by molar-refractivity contribution is 5.88. The van der Waals surface area contributed by atoms with Crippen LogP contribution >= 0.6 is 0 Å². The van der Waals surface area contributed by atoms with Gasteiger partial charge < -0.3 is 19.4 Å². The summed E-state index contributed by atoms with van der Waals surface area (Å²) in [5.74, 6) is 1.12. The Labute approximate surface area is 186 Å². The van der Waals surface area contributed by atoms with Gasteiger partial charge in [0.05, 0.1) is 23.6 Å². The van der Waals surface area contributed by atoms with Crippen LogP contribution in [0.5, 0.6) is 5.75 Å². The third kappa shape index (κ3) is 3.56. The maximum atomic E-state index is 11.7. The molecule has 1 saturated carbocycles. The van der Waals surface area contributed by atoms with Crippen molar-refractivity contribution in [3.63, 3.8) is 0 Å². The van der Waals surface area contributed by atoms with Crippen molar-refractivity contribution in [1.82, 2.24) is 24.6 Å². The molecule has 1 aliphatic carbocycles. The van der Waals surface area contributed by atoms with E-state index in [1.54, 1.807) is 0 Å². The minimum absolute atomic E-state index is 0.0737. The Morgan fingerprint density at radius 2 is 2.03 bits per heavy atom. The molecule has 3 aliphatic rings. The molecule has 2 atom stereocenters. The number of aromatic nitrogens is 4. The molecule has 2 aliphatic heterocycles. The predicted octanol–water partition coefficient (Wildman–Crippen LogP) is 3.49. The highest BCUT2D eigenvalue weighted by atomic mass is 16.5. The number of ether oxygens (including phenoxy) is 2. The average molecular weight is 436 g/mol. The van der Waals surface area contributed by atoms with E-state index in [0.29, 0.717) is 25.0 Å². The highest BCUT2D eigenvalue weighted by Crippen LogP contribution is 2.42. The van der Waals surface area contributed by atoms with Crippen LogP contribution in [0.25, 0.3) is 22.3 Å². The van der Waals surface area contributed by atoms with Gasteiger partial charge in [0, 0.05) is 49.9 Å². The van der Waals surface area contributed by atoms with E-state index in [-0.39, 0.29) is 17.9 Å². The van der Waals surface area contributed by atoms with E-state index in [1.165, 1.54) is 12.8 Å². The van der Waals surface area contributed by atoms with E-state index in [2.05, 4.69) is 44.8 Å². The molecule has 4 heterocycles. The number of hydrogen-bond acceptors (Lipinski definition) is 5. The summed E-state index contributed by atoms with van der Waals surface area (Å²) in [6.45, 7) is 4.28. The summed E-state index contributed by atoms with van der Waals surface area (Å²) in [6, 6.07) is 7.20. The van der Waals surface area contributed by atoms with Gasteiger partial charge in [-0.3, -0.25) is 9.48 Å². The minimum Gasteiger partial charge on any atom is -0.488 e. The molecule has 1 N–H and O–H groups in total. The SMILES string of the molecule is C[C@@H](Oc1cc(-c2ccnn2C2CCOCC2)cc2ncn(C3CC3)c12)[C@H]1CNC(=O)C1. The first-order valence-corrected chi connectivity index (χ1v) is 11.7. The van der Waals surface area contributed by atoms with Crippen LogP contribution in [-0.4, -0.2) is 51.1 Å². The first-order valence-electron chi connectivity index (χ1n) is 11.7. The largest absolute Gasteiger partial charge is 0.488 e. The molecule has 1 amide bonds. The maximum absolute atomic E-state index is 11.7. The van der Waals surface area contributed by atoms with Gasteiger partial charge in [0.25, 0.3) is 0 Å². The monoisotopic (exact) mass is 435 g/mol. The topological polar surface area (TPSA) is 83.2 Å². The number of imidazole rings is 1. The third-order valence-electron chi connectivity index (χ3n) is 7.06. The Hall–Kier alpha value is -2.87. The first kappa shape index (κ1) is 19.8. The van der Waals surface area contributed by atoms with Crippen molar-refractivity contribution in [3.05, 3.63) is 30.7 Å². The molecule has 32 heavy (non-hydrogen) atoms. The summed E-state index contributed by atoms with van der Waals surface area (Å²) in [4.78, 5) is 16.5. The summed E-state index contributed by atoms with van der Waals surface area (Å²) < 4.78 is 16.5. The van der Waals surface area contributed by atoms with Crippen LogP contribution in [0.1, 0.15) is 51.1 Å². The number of hydrogen-bond donors (Lipinski definition) is 1. The number of fused-ring (bicyclic) bond motifs is 1. The molecule has 3 aromatic rings. The first-order chi connectivity index (χ1) is 15.7. The molecule has 3 fully saturated rings. The quantitative estimate of drug-likeness (QED) is 0.641. The smallest absolute Gasteiger partial charge is 0.220 e. The van der Waals surface area contributed by atoms with E-state index in [1.807, 2.05) is 12.5 Å². The van der Waals surface area contributed by atoms with Crippen molar-refractivity contribution in [2.24, 2.45) is 5.92 Å². The van der Waals surface area contributed by atoms with Crippen molar-refractivity contribution in [1.29, 1.82) is 0 Å². The fourth-order valence-electron chi connectivity index (χ4n) is 5.02. The molecule has 2 saturated heterocycles. The molecule has 0 bridgehead atoms. The van der Waals surface area contributed by atoms with E-state index < -0.39 is 0 Å². The Morgan fingerprint density at radius 1 is 1.19 bits per heavy atom. The van der Waals surface area contributed by atoms with Crippen LogP contribution in [0, 0.1) is 5.92 Å². The second kappa shape index (κ2) is 7.92. The van der Waals surface area contributed by atoms with Crippen molar-refractivity contribution >= 4 is 16.9 Å². The van der Waals surface area contributed by atoms with Gasteiger partial charge in [0.15, 0.2) is 0 Å². The Bertz CT molecular complexity index is 1140. The Balaban J connectivity index is 1.40. The predicted molar refractivity (Wildman–Crippen MR) is 120 cm³/mol. The third-order valence-corrected chi connectivity index (χ3v) is 7.06. The van der Waals surface area contributed by atoms with Crippen LogP contribution in [0.3, 0.4) is 0 Å². The number of carbonyl (C=O) groups excluding carboxylic acids is 1. The zero-order valence-corrected chi connectivity index (χ0v) is 18.4. The lowest BCUT2D eigenvalue weighted by atomic mass is 10.0. The van der Waals surface area contributed by atoms with Gasteiger partial charge in [-0.05, 0) is 50.8 Å². The zero-order valence-electron chi connectivity index (χ0n) is 18.4. The average Bonchev–Trinajstić information content (AvgIpc) is 3.19. The van der Waals surface area contributed by atoms with Crippen molar-refractivity contribution < 1.29 is 14.3 Å². The number of nitrogens with one attached hydrogen (secondary N) is 1. The van der Waals surface area contributed by atoms with Crippen LogP contribution < -0.4 is 10.1 Å². The molecule has 0 radical (unpaired) electrons. The van der Waals surface area contributed by atoms with Gasteiger partial charge >= 0.3 is 0 Å². The fraction of sp³-hybridized carbons (Fsp3) is 0.542. The summed E-state index contributed by atoms with van der Waals surface area (Å²) in [5.41, 5.74) is 4.13. The van der Waals surface area contributed by atoms with E-state index >= 15 is 0 Å². The van der Waals surface area contributed by atoms with Gasteiger partial charge in [-0.15, -0.1) is 0 Å². The van der Waals surface area contributed by atoms with Gasteiger partial charge in [0.2, 0.25) is 5.91 Å². The molecule has 8 nitrogen and oxygen atoms in total. The van der Waals surface area contributed by atoms with Gasteiger partial charge in [-0.1, -0.05) is 0 Å². The van der Waals surface area contributed by atoms with Crippen LogP contribution in [-0.2, 0) is 9.53 Å². The van der Waals surface area contributed by atoms with Crippen molar-refractivity contribution in [2.45, 2.75) is 57.2 Å². The molecule has 8 heteroatoms. The van der Waals surface area contributed by atoms with Crippen LogP contribution in [0.4, 0.5) is 0 Å². The van der Waals surface area contributed by atoms with Gasteiger partial charge in [0.1, 0.15) is 17.4 Å². The molecule has 0 unspecified atom stereocenters. The highest BCUT2D eigenvalue weighted by Gasteiger charge is 2.31. The number of carbonyl (C=O) groups is 1. The number of benzene rings is 1. The molecule has 6 rings (SSSR count). The lowest BCUT2D eigenvalue weighted by Crippen LogP contribution is -2.26. The second-order valence-electron chi connectivity index (χ2n) is 9.32. The summed E-state index contributed by atoms with van der Waals surface area (Å²) in [5, 5.41) is 7.58. The zero-order chi connectivity index (χ0) is 21.7. The van der Waals surface area contributed by atoms with Crippen LogP contribution in [0.15, 0.2) is 30.7 Å². The van der Waals surface area contributed by atoms with Crippen LogP contribution in [0.2, 0.25) is 0 Å². The maximum Gasteiger partial charge on any atom is 0.220 e. The summed E-state index contributed by atoms with van der Waals surface area (Å²) in [7, 11) is 0. The Morgan fingerprint density at radius 3 is 2.78 bits per heavy atom. The molecular weight excluding hydrogens is 406 g/mol. The number of amides is 1. The van der Waals surface area contributed by atoms with E-state index in [0.717, 1.165) is 54.1 Å². The van der Waals surface area contributed by atoms with Gasteiger partial charge in [-0.25, -0.2) is 4.98 Å². The standard InChI is InChI=1S/C24H29N5O3/c1-15(17-12-23(30)25-13-17)32-22-11-16(10-20-24(22)28(14-26-20)18-2-3-18)21-4-7-27-29(21)19-5-8-31-9-6-19/h4,7,10-11,14-15,17-19H,2-3,5-6,8-9,12-13H2,1H3,(H,25,30)/t15-,17-/m1/s1. The number of rotatable bonds is 6. The summed E-state index contributed by atoms with van der Waals surface area (Å²) in [6.07, 6.45) is 8.56. The Kier molecular flexibility index (Phi) is 4.90. The number of nitrogens with zero attached hydrogens (tertiary/aromatic N) is 4. The lowest BCUT2D eigenvalue weighted by Gasteiger charge is -2.25. The lowest BCUT2D eigenvalue weighted by molar-refractivity contribution is -0.119. The van der Waals surface area contributed by atoms with Crippen molar-refractivity contribution in [2.75, 3.05) is 19.8 Å². The minimum atomic E-state index is -0.0737. The molecule has 2 aromatic heterocycles. The normalized spacial score (nSPS) is 22.9. The van der Waals surface area contributed by atoms with Crippen molar-refractivity contribution in [3.8, 4) is 17.0 Å². The van der Waals surface area contributed by atoms with E-state index in [4.69, 9.17) is 14.5 Å². The van der Waals surface area contributed by atoms with E-state index in [9.17, 15) is 4.79 Å².